The van der Waals surface area contributed by atoms with Gasteiger partial charge in [-0.3, -0.25) is 4.98 Å². The smallest absolute Gasteiger partial charge is 0.0270 e. The van der Waals surface area contributed by atoms with Crippen molar-refractivity contribution in [1.29, 1.82) is 0 Å². The van der Waals surface area contributed by atoms with Gasteiger partial charge in [-0.15, -0.1) is 6.54 Å². The van der Waals surface area contributed by atoms with Crippen molar-refractivity contribution in [2.45, 2.75) is 30.7 Å². The van der Waals surface area contributed by atoms with Crippen LogP contribution in [0.3, 0.4) is 0 Å². The number of halogens is 3. The van der Waals surface area contributed by atoms with Crippen molar-refractivity contribution in [2.75, 3.05) is 0 Å². The van der Waals surface area contributed by atoms with E-state index in [0.717, 1.165) is 23.0 Å². The Kier molecular flexibility index (Phi) is 10.2. The predicted octanol–water partition coefficient (Wildman–Crippen LogP) is 5.08. The molecule has 16 heavy (non-hydrogen) atoms. The fraction of sp³-hybridized carbons (Fsp3) is 0.500. The fourth-order valence-electron chi connectivity index (χ4n) is 0.880. The van der Waals surface area contributed by atoms with Gasteiger partial charge in [-0.05, 0) is 12.1 Å². The Balaban J connectivity index is 0.000000281. The van der Waals surface area contributed by atoms with Gasteiger partial charge in [0.2, 0.25) is 0 Å². The number of pyridine rings is 1. The molecule has 0 aliphatic heterocycles. The molecule has 0 atom stereocenters. The van der Waals surface area contributed by atoms with Crippen LogP contribution in [0.2, 0.25) is 4.44 Å². The van der Waals surface area contributed by atoms with Gasteiger partial charge in [0, 0.05) is 11.9 Å². The van der Waals surface area contributed by atoms with E-state index in [9.17, 15) is 0 Å². The molecule has 0 aliphatic rings. The van der Waals surface area contributed by atoms with Crippen LogP contribution >= 0.6 is 26.8 Å². The average molecular weight is 389 g/mol. The van der Waals surface area contributed by atoms with Crippen molar-refractivity contribution >= 4 is 41.8 Å². The first-order valence-corrected chi connectivity index (χ1v) is 18.0. The van der Waals surface area contributed by atoms with Gasteiger partial charge < -0.3 is 5.73 Å². The van der Waals surface area contributed by atoms with Crippen LogP contribution in [0.5, 0.6) is 0 Å². The zero-order valence-electron chi connectivity index (χ0n) is 9.22. The first-order chi connectivity index (χ1) is 7.49. The minimum atomic E-state index is -2.89. The second-order valence-corrected chi connectivity index (χ2v) is 25.0. The summed E-state index contributed by atoms with van der Waals surface area (Å²) in [6.45, 7) is 2.38. The summed E-state index contributed by atoms with van der Waals surface area (Å²) in [5.41, 5.74) is 7.71. The molecule has 0 spiro atoms. The third-order valence-electron chi connectivity index (χ3n) is 1.72. The SMILES string of the molecule is CCC[CH2][Sn]([Cl])([Cl])[Cl].[NH-]Cc1ccccn1. The topological polar surface area (TPSA) is 36.7 Å². The van der Waals surface area contributed by atoms with E-state index in [1.54, 1.807) is 6.20 Å². The van der Waals surface area contributed by atoms with Crippen LogP contribution in [-0.4, -0.2) is 20.0 Å². The number of rotatable bonds is 4. The normalized spacial score (nSPS) is 10.6. The van der Waals surface area contributed by atoms with E-state index >= 15 is 0 Å². The molecule has 92 valence electrons. The quantitative estimate of drug-likeness (QED) is 0.662. The Morgan fingerprint density at radius 2 is 2.00 bits per heavy atom. The second-order valence-electron chi connectivity index (χ2n) is 3.22. The largest absolute Gasteiger partial charge is 0.672 e. The van der Waals surface area contributed by atoms with Gasteiger partial charge in [-0.2, -0.15) is 0 Å². The number of hydrogen-bond acceptors (Lipinski definition) is 1. The summed E-state index contributed by atoms with van der Waals surface area (Å²) in [5.74, 6) is 0. The molecule has 0 unspecified atom stereocenters. The number of unbranched alkanes of at least 4 members (excludes halogenated alkanes) is 1. The second kappa shape index (κ2) is 9.77. The van der Waals surface area contributed by atoms with Gasteiger partial charge in [-0.25, -0.2) is 0 Å². The zero-order valence-corrected chi connectivity index (χ0v) is 14.3. The molecular formula is C10H16Cl3N2Sn-. The van der Waals surface area contributed by atoms with E-state index in [4.69, 9.17) is 32.5 Å². The van der Waals surface area contributed by atoms with Crippen molar-refractivity contribution in [2.24, 2.45) is 0 Å². The summed E-state index contributed by atoms with van der Waals surface area (Å²) in [6, 6.07) is 5.57. The van der Waals surface area contributed by atoms with Crippen LogP contribution in [0, 0.1) is 0 Å². The van der Waals surface area contributed by atoms with Crippen molar-refractivity contribution < 1.29 is 0 Å². The van der Waals surface area contributed by atoms with E-state index in [1.165, 1.54) is 0 Å². The van der Waals surface area contributed by atoms with Crippen molar-refractivity contribution in [3.8, 4) is 0 Å². The van der Waals surface area contributed by atoms with Crippen molar-refractivity contribution in [3.05, 3.63) is 35.8 Å². The number of nitrogens with zero attached hydrogens (tertiary/aromatic N) is 1. The van der Waals surface area contributed by atoms with Crippen LogP contribution in [0.1, 0.15) is 25.5 Å². The zero-order chi connectivity index (χ0) is 12.4. The molecule has 2 nitrogen and oxygen atoms in total. The maximum Gasteiger partial charge on any atom is 0.0270 e. The van der Waals surface area contributed by atoms with E-state index in [2.05, 4.69) is 11.9 Å². The summed E-state index contributed by atoms with van der Waals surface area (Å²) >= 11 is -2.89. The molecule has 1 rings (SSSR count). The number of hydrogen-bond donors (Lipinski definition) is 0. The van der Waals surface area contributed by atoms with Gasteiger partial charge in [0.25, 0.3) is 0 Å². The minimum absolute atomic E-state index is 0.279. The molecule has 0 saturated carbocycles. The molecule has 1 heterocycles. The molecule has 0 amide bonds. The molecular weight excluding hydrogens is 373 g/mol. The molecule has 1 aromatic heterocycles. The van der Waals surface area contributed by atoms with Gasteiger partial charge in [-0.1, -0.05) is 6.07 Å². The van der Waals surface area contributed by atoms with E-state index in [1.807, 2.05) is 18.2 Å². The standard InChI is InChI=1S/C6H7N2.C4H9.3ClH.Sn/c7-5-6-3-1-2-4-8-6;1-3-4-2;;;;/h1-4,7H,5H2;1,3-4H2,2H3;3*1H;/q-1;;;;;+3/p-3. The summed E-state index contributed by atoms with van der Waals surface area (Å²) in [7, 11) is 17.0. The monoisotopic (exact) mass is 389 g/mol. The third-order valence-corrected chi connectivity index (χ3v) is 8.15. The van der Waals surface area contributed by atoms with E-state index < -0.39 is 15.0 Å². The van der Waals surface area contributed by atoms with E-state index in [0.29, 0.717) is 0 Å². The Labute approximate surface area is 113 Å². The van der Waals surface area contributed by atoms with Crippen LogP contribution in [-0.2, 0) is 6.54 Å². The summed E-state index contributed by atoms with van der Waals surface area (Å²) in [4.78, 5) is 3.91. The predicted molar refractivity (Wildman–Crippen MR) is 75.3 cm³/mol. The first kappa shape index (κ1) is 16.8. The van der Waals surface area contributed by atoms with E-state index in [-0.39, 0.29) is 6.54 Å². The van der Waals surface area contributed by atoms with Gasteiger partial charge >= 0.3 is 66.0 Å². The maximum atomic E-state index is 6.88. The number of aromatic nitrogens is 1. The molecule has 0 aliphatic carbocycles. The molecule has 1 N–H and O–H groups in total. The summed E-state index contributed by atoms with van der Waals surface area (Å²) < 4.78 is 0.871. The van der Waals surface area contributed by atoms with Crippen LogP contribution in [0.15, 0.2) is 24.4 Å². The summed E-state index contributed by atoms with van der Waals surface area (Å²) in [5, 5.41) is 0. The average Bonchev–Trinajstić information content (AvgIpc) is 2.27. The molecule has 0 saturated heterocycles. The first-order valence-electron chi connectivity index (χ1n) is 5.11. The van der Waals surface area contributed by atoms with Gasteiger partial charge in [0.15, 0.2) is 0 Å². The van der Waals surface area contributed by atoms with Gasteiger partial charge in [0.1, 0.15) is 0 Å². The molecule has 0 aromatic carbocycles. The van der Waals surface area contributed by atoms with Crippen LogP contribution < -0.4 is 0 Å². The van der Waals surface area contributed by atoms with Crippen molar-refractivity contribution in [3.63, 3.8) is 0 Å². The Bertz CT molecular complexity index is 265. The Morgan fingerprint density at radius 1 is 1.31 bits per heavy atom. The Hall–Kier alpha value is 0.779. The van der Waals surface area contributed by atoms with Crippen LogP contribution in [0.25, 0.3) is 5.73 Å². The van der Waals surface area contributed by atoms with Crippen molar-refractivity contribution in [1.82, 2.24) is 4.98 Å². The third kappa shape index (κ3) is 11.3. The summed E-state index contributed by atoms with van der Waals surface area (Å²) in [6.07, 6.45) is 3.90. The maximum absolute atomic E-state index is 6.88. The Morgan fingerprint density at radius 3 is 2.25 bits per heavy atom. The molecule has 0 fully saturated rings. The van der Waals surface area contributed by atoms with Crippen LogP contribution in [0.4, 0.5) is 0 Å². The fourth-order valence-corrected chi connectivity index (χ4v) is 5.72. The molecule has 1 aromatic rings. The molecule has 0 bridgehead atoms. The van der Waals surface area contributed by atoms with Gasteiger partial charge in [0.05, 0.1) is 0 Å². The minimum Gasteiger partial charge on any atom is -0.672 e. The number of nitrogens with one attached hydrogen (secondary N) is 1. The molecule has 0 radical (unpaired) electrons. The molecule has 6 heteroatoms.